The molecule has 0 spiro atoms. The van der Waals surface area contributed by atoms with E-state index in [2.05, 4.69) is 18.3 Å². The van der Waals surface area contributed by atoms with Gasteiger partial charge in [0, 0.05) is 12.1 Å². The maximum absolute atomic E-state index is 11.4. The zero-order valence-electron chi connectivity index (χ0n) is 9.34. The molecule has 1 amide bonds. The molecule has 1 aromatic rings. The molecular formula is C13H17NO. The van der Waals surface area contributed by atoms with E-state index >= 15 is 0 Å². The summed E-state index contributed by atoms with van der Waals surface area (Å²) in [6.45, 7) is 4.13. The van der Waals surface area contributed by atoms with Crippen LogP contribution in [0.3, 0.4) is 0 Å². The molecule has 0 radical (unpaired) electrons. The number of rotatable bonds is 3. The first-order valence-corrected chi connectivity index (χ1v) is 5.55. The topological polar surface area (TPSA) is 29.1 Å². The summed E-state index contributed by atoms with van der Waals surface area (Å²) < 4.78 is 0. The SMILES string of the molecule is CCC(=O)Nc1ccccc1C1(C)CC1. The minimum absolute atomic E-state index is 0.0895. The van der Waals surface area contributed by atoms with Crippen molar-refractivity contribution < 1.29 is 4.79 Å². The number of benzene rings is 1. The van der Waals surface area contributed by atoms with Gasteiger partial charge in [-0.15, -0.1) is 0 Å². The lowest BCUT2D eigenvalue weighted by molar-refractivity contribution is -0.115. The molecule has 1 N–H and O–H groups in total. The van der Waals surface area contributed by atoms with Crippen molar-refractivity contribution in [3.63, 3.8) is 0 Å². The van der Waals surface area contributed by atoms with Crippen LogP contribution in [0.1, 0.15) is 38.7 Å². The molecule has 0 heterocycles. The minimum atomic E-state index is 0.0895. The summed E-state index contributed by atoms with van der Waals surface area (Å²) in [5.41, 5.74) is 2.58. The summed E-state index contributed by atoms with van der Waals surface area (Å²) >= 11 is 0. The van der Waals surface area contributed by atoms with Crippen molar-refractivity contribution in [3.8, 4) is 0 Å². The average molecular weight is 203 g/mol. The maximum atomic E-state index is 11.4. The molecule has 0 aromatic heterocycles. The van der Waals surface area contributed by atoms with Gasteiger partial charge in [0.1, 0.15) is 0 Å². The van der Waals surface area contributed by atoms with Crippen molar-refractivity contribution in [2.45, 2.75) is 38.5 Å². The Morgan fingerprint density at radius 2 is 2.07 bits per heavy atom. The summed E-state index contributed by atoms with van der Waals surface area (Å²) in [5, 5.41) is 2.97. The second-order valence-electron chi connectivity index (χ2n) is 4.51. The van der Waals surface area contributed by atoms with E-state index in [4.69, 9.17) is 0 Å². The largest absolute Gasteiger partial charge is 0.326 e. The third-order valence-corrected chi connectivity index (χ3v) is 3.17. The lowest BCUT2D eigenvalue weighted by atomic mass is 9.96. The zero-order valence-corrected chi connectivity index (χ0v) is 9.34. The van der Waals surface area contributed by atoms with Crippen LogP contribution in [-0.4, -0.2) is 5.91 Å². The maximum Gasteiger partial charge on any atom is 0.224 e. The van der Waals surface area contributed by atoms with Gasteiger partial charge in [-0.25, -0.2) is 0 Å². The predicted octanol–water partition coefficient (Wildman–Crippen LogP) is 3.09. The number of hydrogen-bond acceptors (Lipinski definition) is 1. The second kappa shape index (κ2) is 3.69. The Hall–Kier alpha value is -1.31. The van der Waals surface area contributed by atoms with Crippen molar-refractivity contribution in [1.82, 2.24) is 0 Å². The third kappa shape index (κ3) is 2.04. The molecule has 0 saturated heterocycles. The van der Waals surface area contributed by atoms with Crippen LogP contribution < -0.4 is 5.32 Å². The molecule has 1 saturated carbocycles. The number of nitrogens with one attached hydrogen (secondary N) is 1. The molecule has 2 heteroatoms. The van der Waals surface area contributed by atoms with Crippen LogP contribution >= 0.6 is 0 Å². The third-order valence-electron chi connectivity index (χ3n) is 3.17. The zero-order chi connectivity index (χ0) is 10.9. The van der Waals surface area contributed by atoms with Crippen LogP contribution in [0.25, 0.3) is 0 Å². The Bertz CT molecular complexity index is 380. The molecule has 1 aliphatic carbocycles. The average Bonchev–Trinajstić information content (AvgIpc) is 2.98. The van der Waals surface area contributed by atoms with Gasteiger partial charge in [-0.3, -0.25) is 4.79 Å². The van der Waals surface area contributed by atoms with Gasteiger partial charge in [-0.05, 0) is 29.9 Å². The summed E-state index contributed by atoms with van der Waals surface area (Å²) in [5.74, 6) is 0.0895. The van der Waals surface area contributed by atoms with E-state index in [9.17, 15) is 4.79 Å². The molecule has 15 heavy (non-hydrogen) atoms. The summed E-state index contributed by atoms with van der Waals surface area (Å²) in [6.07, 6.45) is 2.99. The van der Waals surface area contributed by atoms with Gasteiger partial charge < -0.3 is 5.32 Å². The van der Waals surface area contributed by atoms with Crippen molar-refractivity contribution in [1.29, 1.82) is 0 Å². The Kier molecular flexibility index (Phi) is 2.51. The van der Waals surface area contributed by atoms with E-state index in [1.54, 1.807) is 0 Å². The van der Waals surface area contributed by atoms with Gasteiger partial charge >= 0.3 is 0 Å². The smallest absolute Gasteiger partial charge is 0.224 e. The number of carbonyl (C=O) groups excluding carboxylic acids is 1. The molecule has 0 unspecified atom stereocenters. The Morgan fingerprint density at radius 3 is 2.67 bits per heavy atom. The van der Waals surface area contributed by atoms with Crippen molar-refractivity contribution in [2.75, 3.05) is 5.32 Å². The molecule has 1 aliphatic rings. The van der Waals surface area contributed by atoms with Gasteiger partial charge in [-0.1, -0.05) is 32.0 Å². The monoisotopic (exact) mass is 203 g/mol. The number of carbonyl (C=O) groups is 1. The van der Waals surface area contributed by atoms with E-state index in [0.29, 0.717) is 11.8 Å². The van der Waals surface area contributed by atoms with E-state index in [1.165, 1.54) is 18.4 Å². The minimum Gasteiger partial charge on any atom is -0.326 e. The van der Waals surface area contributed by atoms with Gasteiger partial charge in [0.05, 0.1) is 0 Å². The van der Waals surface area contributed by atoms with Gasteiger partial charge in [0.2, 0.25) is 5.91 Å². The first-order valence-electron chi connectivity index (χ1n) is 5.55. The highest BCUT2D eigenvalue weighted by molar-refractivity contribution is 5.91. The second-order valence-corrected chi connectivity index (χ2v) is 4.51. The van der Waals surface area contributed by atoms with Gasteiger partial charge in [0.25, 0.3) is 0 Å². The number of anilines is 1. The van der Waals surface area contributed by atoms with E-state index in [-0.39, 0.29) is 5.91 Å². The lowest BCUT2D eigenvalue weighted by Crippen LogP contribution is -2.13. The van der Waals surface area contributed by atoms with Crippen LogP contribution in [0, 0.1) is 0 Å². The quantitative estimate of drug-likeness (QED) is 0.803. The first kappa shape index (κ1) is 10.2. The van der Waals surface area contributed by atoms with E-state index in [0.717, 1.165) is 5.69 Å². The Balaban J connectivity index is 2.26. The molecule has 1 fully saturated rings. The van der Waals surface area contributed by atoms with E-state index in [1.807, 2.05) is 25.1 Å². The Morgan fingerprint density at radius 1 is 1.40 bits per heavy atom. The lowest BCUT2D eigenvalue weighted by Gasteiger charge is -2.15. The highest BCUT2D eigenvalue weighted by Crippen LogP contribution is 2.49. The fraction of sp³-hybridized carbons (Fsp3) is 0.462. The van der Waals surface area contributed by atoms with Crippen LogP contribution in [0.2, 0.25) is 0 Å². The van der Waals surface area contributed by atoms with Crippen molar-refractivity contribution in [2.24, 2.45) is 0 Å². The fourth-order valence-electron chi connectivity index (χ4n) is 1.81. The van der Waals surface area contributed by atoms with Gasteiger partial charge in [-0.2, -0.15) is 0 Å². The van der Waals surface area contributed by atoms with Crippen LogP contribution in [0.15, 0.2) is 24.3 Å². The van der Waals surface area contributed by atoms with Crippen LogP contribution in [0.5, 0.6) is 0 Å². The normalized spacial score (nSPS) is 17.2. The fourth-order valence-corrected chi connectivity index (χ4v) is 1.81. The number of para-hydroxylation sites is 1. The number of hydrogen-bond donors (Lipinski definition) is 1. The summed E-state index contributed by atoms with van der Waals surface area (Å²) in [4.78, 5) is 11.4. The molecule has 1 aromatic carbocycles. The molecule has 0 aliphatic heterocycles. The predicted molar refractivity (Wildman–Crippen MR) is 61.9 cm³/mol. The highest BCUT2D eigenvalue weighted by atomic mass is 16.1. The van der Waals surface area contributed by atoms with Crippen LogP contribution in [0.4, 0.5) is 5.69 Å². The molecule has 0 bridgehead atoms. The molecular weight excluding hydrogens is 186 g/mol. The number of amides is 1. The molecule has 2 nitrogen and oxygen atoms in total. The molecule has 0 atom stereocenters. The van der Waals surface area contributed by atoms with E-state index < -0.39 is 0 Å². The summed E-state index contributed by atoms with van der Waals surface area (Å²) in [7, 11) is 0. The Labute approximate surface area is 90.7 Å². The molecule has 2 rings (SSSR count). The van der Waals surface area contributed by atoms with Gasteiger partial charge in [0.15, 0.2) is 0 Å². The summed E-state index contributed by atoms with van der Waals surface area (Å²) in [6, 6.07) is 8.13. The molecule has 80 valence electrons. The standard InChI is InChI=1S/C13H17NO/c1-3-12(15)14-11-7-5-4-6-10(11)13(2)8-9-13/h4-7H,3,8-9H2,1-2H3,(H,14,15). The van der Waals surface area contributed by atoms with Crippen LogP contribution in [-0.2, 0) is 10.2 Å². The first-order chi connectivity index (χ1) is 7.15. The van der Waals surface area contributed by atoms with Crippen molar-refractivity contribution in [3.05, 3.63) is 29.8 Å². The van der Waals surface area contributed by atoms with Crippen molar-refractivity contribution >= 4 is 11.6 Å². The highest BCUT2D eigenvalue weighted by Gasteiger charge is 2.40.